The minimum atomic E-state index is -0.280. The van der Waals surface area contributed by atoms with Crippen LogP contribution >= 0.6 is 0 Å². The molecule has 0 radical (unpaired) electrons. The lowest BCUT2D eigenvalue weighted by atomic mass is 9.83. The molecule has 3 aliphatic heterocycles. The Morgan fingerprint density at radius 1 is 1.03 bits per heavy atom. The van der Waals surface area contributed by atoms with E-state index >= 15 is 0 Å². The van der Waals surface area contributed by atoms with Crippen LogP contribution in [0.3, 0.4) is 0 Å². The maximum Gasteiger partial charge on any atom is 0.258 e. The first-order chi connectivity index (χ1) is 16.9. The van der Waals surface area contributed by atoms with Crippen molar-refractivity contribution < 1.29 is 9.18 Å². The number of pyridine rings is 1. The minimum absolute atomic E-state index is 0.0197. The number of aromatic nitrogens is 1. The van der Waals surface area contributed by atoms with Gasteiger partial charge in [-0.2, -0.15) is 0 Å². The molecule has 3 aliphatic rings. The molecule has 2 N–H and O–H groups in total. The third-order valence-electron chi connectivity index (χ3n) is 7.89. The Labute approximate surface area is 203 Å². The molecule has 1 amide bonds. The fourth-order valence-electron chi connectivity index (χ4n) is 6.24. The predicted octanol–water partition coefficient (Wildman–Crippen LogP) is 4.17. The molecule has 4 heterocycles. The quantitative estimate of drug-likeness (QED) is 0.568. The Bertz CT molecular complexity index is 1380. The molecule has 0 aliphatic carbocycles. The standard InChI is InChI=1S/C28H29FN4O2/c1-17-5-6-19-12-22(29)8-10-25(19)33(17)28(35)20-7-9-26(23(30)13-20)31-14-18-11-21(16-31)24-3-2-4-27(34)32(24)15-18/h2-4,7-10,12-13,17-18,21H,5-6,11,14-16,30H2,1H3. The summed E-state index contributed by atoms with van der Waals surface area (Å²) >= 11 is 0. The van der Waals surface area contributed by atoms with Crippen molar-refractivity contribution in [3.8, 4) is 0 Å². The van der Waals surface area contributed by atoms with Gasteiger partial charge in [0.25, 0.3) is 11.5 Å². The van der Waals surface area contributed by atoms with Gasteiger partial charge in [0.05, 0.1) is 11.4 Å². The van der Waals surface area contributed by atoms with Crippen molar-refractivity contribution in [3.05, 3.63) is 87.6 Å². The van der Waals surface area contributed by atoms with E-state index in [2.05, 4.69) is 11.0 Å². The van der Waals surface area contributed by atoms with Crippen LogP contribution in [-0.4, -0.2) is 29.6 Å². The molecule has 7 heteroatoms. The zero-order valence-electron chi connectivity index (χ0n) is 19.8. The van der Waals surface area contributed by atoms with Gasteiger partial charge < -0.3 is 20.1 Å². The first-order valence-corrected chi connectivity index (χ1v) is 12.3. The second-order valence-corrected chi connectivity index (χ2v) is 10.2. The molecule has 2 aromatic carbocycles. The predicted molar refractivity (Wildman–Crippen MR) is 136 cm³/mol. The molecule has 3 atom stereocenters. The number of amides is 1. The second-order valence-electron chi connectivity index (χ2n) is 10.2. The highest BCUT2D eigenvalue weighted by molar-refractivity contribution is 6.08. The molecule has 1 fully saturated rings. The fourth-order valence-corrected chi connectivity index (χ4v) is 6.24. The molecule has 3 aromatic rings. The van der Waals surface area contributed by atoms with E-state index in [4.69, 9.17) is 5.73 Å². The summed E-state index contributed by atoms with van der Waals surface area (Å²) in [6, 6.07) is 15.8. The normalized spacial score (nSPS) is 23.0. The lowest BCUT2D eigenvalue weighted by Gasteiger charge is -2.44. The molecule has 1 aromatic heterocycles. The monoisotopic (exact) mass is 472 g/mol. The number of aryl methyl sites for hydroxylation is 1. The van der Waals surface area contributed by atoms with Crippen molar-refractivity contribution in [2.24, 2.45) is 5.92 Å². The van der Waals surface area contributed by atoms with Crippen LogP contribution in [0.25, 0.3) is 0 Å². The maximum absolute atomic E-state index is 13.8. The number of carbonyl (C=O) groups is 1. The highest BCUT2D eigenvalue weighted by Gasteiger charge is 2.35. The molecule has 1 saturated heterocycles. The van der Waals surface area contributed by atoms with E-state index in [1.165, 1.54) is 12.1 Å². The number of benzene rings is 2. The van der Waals surface area contributed by atoms with Crippen LogP contribution < -0.4 is 21.1 Å². The van der Waals surface area contributed by atoms with Crippen molar-refractivity contribution in [2.75, 3.05) is 28.6 Å². The first-order valence-electron chi connectivity index (χ1n) is 12.3. The van der Waals surface area contributed by atoms with Gasteiger partial charge in [0.2, 0.25) is 0 Å². The van der Waals surface area contributed by atoms with Gasteiger partial charge >= 0.3 is 0 Å². The number of nitrogens with zero attached hydrogens (tertiary/aromatic N) is 3. The summed E-state index contributed by atoms with van der Waals surface area (Å²) in [5, 5.41) is 0. The number of carbonyl (C=O) groups excluding carboxylic acids is 1. The number of hydrogen-bond acceptors (Lipinski definition) is 4. The van der Waals surface area contributed by atoms with E-state index < -0.39 is 0 Å². The van der Waals surface area contributed by atoms with E-state index in [1.54, 1.807) is 23.1 Å². The zero-order chi connectivity index (χ0) is 24.3. The van der Waals surface area contributed by atoms with Gasteiger partial charge in [-0.05, 0) is 80.1 Å². The van der Waals surface area contributed by atoms with Crippen LogP contribution in [0, 0.1) is 11.7 Å². The average molecular weight is 473 g/mol. The number of rotatable bonds is 2. The van der Waals surface area contributed by atoms with Gasteiger partial charge in [-0.15, -0.1) is 0 Å². The molecule has 0 saturated carbocycles. The summed E-state index contributed by atoms with van der Waals surface area (Å²) < 4.78 is 15.7. The smallest absolute Gasteiger partial charge is 0.258 e. The molecule has 2 bridgehead atoms. The van der Waals surface area contributed by atoms with Crippen LogP contribution in [0.5, 0.6) is 0 Å². The molecule has 6 nitrogen and oxygen atoms in total. The van der Waals surface area contributed by atoms with Crippen molar-refractivity contribution in [1.82, 2.24) is 4.57 Å². The highest BCUT2D eigenvalue weighted by Crippen LogP contribution is 2.39. The summed E-state index contributed by atoms with van der Waals surface area (Å²) in [4.78, 5) is 29.9. The topological polar surface area (TPSA) is 71.6 Å². The summed E-state index contributed by atoms with van der Waals surface area (Å²) in [7, 11) is 0. The van der Waals surface area contributed by atoms with Gasteiger partial charge in [-0.3, -0.25) is 9.59 Å². The van der Waals surface area contributed by atoms with E-state index in [0.717, 1.165) is 61.5 Å². The molecule has 35 heavy (non-hydrogen) atoms. The van der Waals surface area contributed by atoms with Crippen LogP contribution in [0.2, 0.25) is 0 Å². The summed E-state index contributed by atoms with van der Waals surface area (Å²) in [6.07, 6.45) is 2.62. The van der Waals surface area contributed by atoms with Gasteiger partial charge in [0, 0.05) is 54.6 Å². The van der Waals surface area contributed by atoms with E-state index in [9.17, 15) is 14.0 Å². The molecule has 6 rings (SSSR count). The lowest BCUT2D eigenvalue weighted by Crippen LogP contribution is -2.47. The third-order valence-corrected chi connectivity index (χ3v) is 7.89. The molecular formula is C28H29FN4O2. The number of nitrogen functional groups attached to an aromatic ring is 1. The number of hydrogen-bond donors (Lipinski definition) is 1. The molecule has 3 unspecified atom stereocenters. The van der Waals surface area contributed by atoms with Crippen LogP contribution in [-0.2, 0) is 13.0 Å². The van der Waals surface area contributed by atoms with Crippen molar-refractivity contribution >= 4 is 23.0 Å². The molecular weight excluding hydrogens is 443 g/mol. The number of piperidine rings is 1. The largest absolute Gasteiger partial charge is 0.397 e. The Kier molecular flexibility index (Phi) is 5.16. The van der Waals surface area contributed by atoms with Crippen LogP contribution in [0.1, 0.15) is 47.3 Å². The SMILES string of the molecule is CC1CCc2cc(F)ccc2N1C(=O)c1ccc(N2CC3CC(C2)c2cccc(=O)n2C3)c(N)c1. The van der Waals surface area contributed by atoms with Crippen molar-refractivity contribution in [3.63, 3.8) is 0 Å². The summed E-state index contributed by atoms with van der Waals surface area (Å²) in [6.45, 7) is 4.37. The van der Waals surface area contributed by atoms with Crippen LogP contribution in [0.15, 0.2) is 59.4 Å². The Morgan fingerprint density at radius 2 is 1.86 bits per heavy atom. The van der Waals surface area contributed by atoms with Crippen molar-refractivity contribution in [1.29, 1.82) is 0 Å². The Hall–Kier alpha value is -3.61. The Morgan fingerprint density at radius 3 is 2.69 bits per heavy atom. The van der Waals surface area contributed by atoms with Crippen molar-refractivity contribution in [2.45, 2.75) is 44.7 Å². The molecule has 180 valence electrons. The average Bonchev–Trinajstić information content (AvgIpc) is 2.84. The van der Waals surface area contributed by atoms with Gasteiger partial charge in [-0.25, -0.2) is 4.39 Å². The number of fused-ring (bicyclic) bond motifs is 5. The van der Waals surface area contributed by atoms with E-state index in [0.29, 0.717) is 17.2 Å². The van der Waals surface area contributed by atoms with Gasteiger partial charge in [0.1, 0.15) is 5.82 Å². The molecule has 0 spiro atoms. The van der Waals surface area contributed by atoms with Crippen LogP contribution in [0.4, 0.5) is 21.5 Å². The Balaban J connectivity index is 1.27. The summed E-state index contributed by atoms with van der Waals surface area (Å²) in [5.74, 6) is 0.265. The number of nitrogens with two attached hydrogens (primary N) is 1. The minimum Gasteiger partial charge on any atom is -0.397 e. The fraction of sp³-hybridized carbons (Fsp3) is 0.357. The van der Waals surface area contributed by atoms with E-state index in [1.807, 2.05) is 29.7 Å². The maximum atomic E-state index is 13.8. The third kappa shape index (κ3) is 3.70. The van der Waals surface area contributed by atoms with Gasteiger partial charge in [-0.1, -0.05) is 6.07 Å². The zero-order valence-corrected chi connectivity index (χ0v) is 19.8. The highest BCUT2D eigenvalue weighted by atomic mass is 19.1. The number of anilines is 3. The first kappa shape index (κ1) is 21.9. The lowest BCUT2D eigenvalue weighted by molar-refractivity contribution is 0.0975. The van der Waals surface area contributed by atoms with E-state index in [-0.39, 0.29) is 29.2 Å². The number of halogens is 1. The summed E-state index contributed by atoms with van der Waals surface area (Å²) in [5.41, 5.74) is 11.4. The van der Waals surface area contributed by atoms with Gasteiger partial charge in [0.15, 0.2) is 0 Å². The second kappa shape index (κ2) is 8.26.